The van der Waals surface area contributed by atoms with Crippen LogP contribution in [0, 0.1) is 0 Å². The molecule has 0 radical (unpaired) electrons. The van der Waals surface area contributed by atoms with Gasteiger partial charge in [-0.3, -0.25) is 9.59 Å². The fraction of sp³-hybridized carbons (Fsp3) is 0. The molecule has 3 aromatic rings. The molecule has 80 valence electrons. The van der Waals surface area contributed by atoms with Gasteiger partial charge >= 0.3 is 0 Å². The predicted molar refractivity (Wildman–Crippen MR) is 60.7 cm³/mol. The summed E-state index contributed by atoms with van der Waals surface area (Å²) in [7, 11) is 0. The Hall–Kier alpha value is -2.42. The van der Waals surface area contributed by atoms with Crippen LogP contribution in [0.25, 0.3) is 11.2 Å². The van der Waals surface area contributed by atoms with Gasteiger partial charge in [-0.2, -0.15) is 0 Å². The van der Waals surface area contributed by atoms with Crippen molar-refractivity contribution in [3.05, 3.63) is 58.7 Å². The molecule has 1 aliphatic rings. The number of carbonyl (C=O) groups is 2. The molecule has 2 heterocycles. The van der Waals surface area contributed by atoms with Crippen LogP contribution < -0.4 is 0 Å². The molecular weight excluding hydrogens is 216 g/mol. The lowest BCUT2D eigenvalue weighted by molar-refractivity contribution is 0.0982. The average molecular weight is 222 g/mol. The first-order valence-corrected chi connectivity index (χ1v) is 5.30. The van der Waals surface area contributed by atoms with E-state index in [4.69, 9.17) is 4.42 Å². The van der Waals surface area contributed by atoms with Crippen molar-refractivity contribution >= 4 is 22.7 Å². The van der Waals surface area contributed by atoms with Crippen molar-refractivity contribution in [2.45, 2.75) is 0 Å². The van der Waals surface area contributed by atoms with Crippen LogP contribution >= 0.6 is 0 Å². The Kier molecular flexibility index (Phi) is 1.35. The van der Waals surface area contributed by atoms with Crippen molar-refractivity contribution in [2.75, 3.05) is 0 Å². The standard InChI is InChI=1S/C14H6O3/c15-13-7-3-1-2-4-8(7)14(16)12-10-6-5-9(17-10)11(12)13/h1-6H. The summed E-state index contributed by atoms with van der Waals surface area (Å²) >= 11 is 0. The van der Waals surface area contributed by atoms with E-state index in [0.717, 1.165) is 0 Å². The van der Waals surface area contributed by atoms with Crippen LogP contribution in [0.15, 0.2) is 40.8 Å². The highest BCUT2D eigenvalue weighted by molar-refractivity contribution is 6.33. The molecule has 3 heteroatoms. The zero-order valence-corrected chi connectivity index (χ0v) is 8.69. The van der Waals surface area contributed by atoms with E-state index in [1.807, 2.05) is 0 Å². The lowest BCUT2D eigenvalue weighted by Gasteiger charge is -2.13. The molecule has 0 saturated heterocycles. The van der Waals surface area contributed by atoms with Crippen LogP contribution in [0.4, 0.5) is 0 Å². The van der Waals surface area contributed by atoms with Gasteiger partial charge in [0.05, 0.1) is 11.1 Å². The maximum atomic E-state index is 12.3. The number of carbonyl (C=O) groups excluding carboxylic acids is 2. The summed E-state index contributed by atoms with van der Waals surface area (Å²) in [6.07, 6.45) is 0. The summed E-state index contributed by atoms with van der Waals surface area (Å²) < 4.78 is 5.40. The highest BCUT2D eigenvalue weighted by atomic mass is 16.3. The molecule has 0 fully saturated rings. The van der Waals surface area contributed by atoms with Crippen molar-refractivity contribution in [2.24, 2.45) is 0 Å². The molecule has 1 aromatic carbocycles. The SMILES string of the molecule is O=C1c2ccccc2C(=O)c2c1c1ccc2o1. The van der Waals surface area contributed by atoms with Gasteiger partial charge in [0.15, 0.2) is 11.6 Å². The first-order chi connectivity index (χ1) is 8.27. The van der Waals surface area contributed by atoms with Gasteiger partial charge in [-0.15, -0.1) is 0 Å². The van der Waals surface area contributed by atoms with E-state index < -0.39 is 0 Å². The fourth-order valence-corrected chi connectivity index (χ4v) is 2.45. The maximum absolute atomic E-state index is 12.3. The molecule has 0 aliphatic heterocycles. The minimum atomic E-state index is -0.121. The molecule has 1 aliphatic carbocycles. The summed E-state index contributed by atoms with van der Waals surface area (Å²) in [6.45, 7) is 0. The maximum Gasteiger partial charge on any atom is 0.198 e. The van der Waals surface area contributed by atoms with Crippen LogP contribution in [-0.2, 0) is 0 Å². The average Bonchev–Trinajstić information content (AvgIpc) is 2.96. The lowest BCUT2D eigenvalue weighted by atomic mass is 9.84. The second-order valence-corrected chi connectivity index (χ2v) is 4.12. The molecule has 0 atom stereocenters. The van der Waals surface area contributed by atoms with Crippen LogP contribution in [-0.4, -0.2) is 11.6 Å². The number of benzene rings is 2. The highest BCUT2D eigenvalue weighted by Crippen LogP contribution is 2.36. The molecule has 0 amide bonds. The summed E-state index contributed by atoms with van der Waals surface area (Å²) in [5.41, 5.74) is 2.78. The van der Waals surface area contributed by atoms with E-state index in [1.165, 1.54) is 0 Å². The summed E-state index contributed by atoms with van der Waals surface area (Å²) in [5.74, 6) is -0.242. The quantitative estimate of drug-likeness (QED) is 0.459. The van der Waals surface area contributed by atoms with Gasteiger partial charge in [0.1, 0.15) is 11.2 Å². The first kappa shape index (κ1) is 8.70. The lowest BCUT2D eigenvalue weighted by Crippen LogP contribution is -2.19. The van der Waals surface area contributed by atoms with Crippen molar-refractivity contribution in [1.82, 2.24) is 0 Å². The molecule has 0 N–H and O–H groups in total. The summed E-state index contributed by atoms with van der Waals surface area (Å²) in [5, 5.41) is 0. The summed E-state index contributed by atoms with van der Waals surface area (Å²) in [6, 6.07) is 10.3. The molecule has 4 rings (SSSR count). The number of fused-ring (bicyclic) bond motifs is 6. The highest BCUT2D eigenvalue weighted by Gasteiger charge is 2.35. The Labute approximate surface area is 96.0 Å². The fourth-order valence-electron chi connectivity index (χ4n) is 2.45. The number of rotatable bonds is 0. The van der Waals surface area contributed by atoms with Gasteiger partial charge < -0.3 is 4.42 Å². The number of hydrogen-bond donors (Lipinski definition) is 0. The van der Waals surface area contributed by atoms with Crippen molar-refractivity contribution < 1.29 is 14.0 Å². The van der Waals surface area contributed by atoms with Gasteiger partial charge in [-0.1, -0.05) is 24.3 Å². The van der Waals surface area contributed by atoms with Crippen molar-refractivity contribution in [3.63, 3.8) is 0 Å². The molecule has 3 nitrogen and oxygen atoms in total. The molecule has 0 saturated carbocycles. The van der Waals surface area contributed by atoms with Crippen LogP contribution in [0.5, 0.6) is 0 Å². The Morgan fingerprint density at radius 3 is 1.65 bits per heavy atom. The van der Waals surface area contributed by atoms with E-state index in [2.05, 4.69) is 0 Å². The second-order valence-electron chi connectivity index (χ2n) is 4.12. The number of hydrogen-bond acceptors (Lipinski definition) is 3. The molecule has 0 unspecified atom stereocenters. The van der Waals surface area contributed by atoms with Crippen LogP contribution in [0.1, 0.15) is 31.8 Å². The molecular formula is C14H6O3. The van der Waals surface area contributed by atoms with Crippen molar-refractivity contribution in [1.29, 1.82) is 0 Å². The largest absolute Gasteiger partial charge is 0.456 e. The molecule has 2 bridgehead atoms. The molecule has 2 aromatic heterocycles. The Bertz CT molecular complexity index is 716. The molecule has 17 heavy (non-hydrogen) atoms. The zero-order valence-electron chi connectivity index (χ0n) is 8.69. The van der Waals surface area contributed by atoms with Gasteiger partial charge in [0, 0.05) is 11.1 Å². The van der Waals surface area contributed by atoms with E-state index in [1.54, 1.807) is 36.4 Å². The van der Waals surface area contributed by atoms with Crippen molar-refractivity contribution in [3.8, 4) is 0 Å². The van der Waals surface area contributed by atoms with Gasteiger partial charge in [0.2, 0.25) is 0 Å². The van der Waals surface area contributed by atoms with E-state index in [-0.39, 0.29) is 11.6 Å². The minimum Gasteiger partial charge on any atom is -0.456 e. The van der Waals surface area contributed by atoms with Gasteiger partial charge in [-0.25, -0.2) is 0 Å². The smallest absolute Gasteiger partial charge is 0.198 e. The van der Waals surface area contributed by atoms with E-state index in [9.17, 15) is 9.59 Å². The predicted octanol–water partition coefficient (Wildman–Crippen LogP) is 2.65. The Morgan fingerprint density at radius 1 is 0.706 bits per heavy atom. The number of furan rings is 2. The Morgan fingerprint density at radius 2 is 1.18 bits per heavy atom. The second kappa shape index (κ2) is 2.63. The summed E-state index contributed by atoms with van der Waals surface area (Å²) in [4.78, 5) is 24.6. The van der Waals surface area contributed by atoms with E-state index in [0.29, 0.717) is 33.4 Å². The third-order valence-electron chi connectivity index (χ3n) is 3.22. The van der Waals surface area contributed by atoms with Crippen LogP contribution in [0.3, 0.4) is 0 Å². The van der Waals surface area contributed by atoms with Crippen LogP contribution in [0.2, 0.25) is 0 Å². The van der Waals surface area contributed by atoms with Gasteiger partial charge in [0.25, 0.3) is 0 Å². The third-order valence-corrected chi connectivity index (χ3v) is 3.22. The minimum absolute atomic E-state index is 0.121. The molecule has 0 spiro atoms. The first-order valence-electron chi connectivity index (χ1n) is 5.30. The van der Waals surface area contributed by atoms with Gasteiger partial charge in [-0.05, 0) is 12.1 Å². The van der Waals surface area contributed by atoms with E-state index >= 15 is 0 Å². The topological polar surface area (TPSA) is 47.3 Å². The number of ketones is 2. The monoisotopic (exact) mass is 222 g/mol. The third kappa shape index (κ3) is 0.877. The Balaban J connectivity index is 2.16. The normalized spacial score (nSPS) is 14.1. The zero-order chi connectivity index (χ0) is 11.6.